The van der Waals surface area contributed by atoms with Gasteiger partial charge < -0.3 is 10.4 Å². The molecular formula is C18H15F3N4O3S. The summed E-state index contributed by atoms with van der Waals surface area (Å²) in [5.41, 5.74) is 0.128. The first kappa shape index (κ1) is 20.6. The van der Waals surface area contributed by atoms with E-state index in [1.54, 1.807) is 0 Å². The molecule has 3 N–H and O–H groups in total. The molecule has 0 fully saturated rings. The van der Waals surface area contributed by atoms with Crippen molar-refractivity contribution < 1.29 is 26.7 Å². The van der Waals surface area contributed by atoms with E-state index in [9.17, 15) is 26.7 Å². The summed E-state index contributed by atoms with van der Waals surface area (Å²) in [7, 11) is -2.72. The molecule has 29 heavy (non-hydrogen) atoms. The first-order valence-electron chi connectivity index (χ1n) is 8.14. The van der Waals surface area contributed by atoms with Gasteiger partial charge >= 0.3 is 6.18 Å². The molecule has 0 unspecified atom stereocenters. The Balaban J connectivity index is 1.99. The maximum Gasteiger partial charge on any atom is 0.416 e. The number of aromatic nitrogens is 2. The van der Waals surface area contributed by atoms with Crippen LogP contribution in [0.3, 0.4) is 0 Å². The minimum Gasteiger partial charge on any atom is -0.507 e. The maximum absolute atomic E-state index is 12.7. The van der Waals surface area contributed by atoms with Gasteiger partial charge in [0, 0.05) is 23.6 Å². The largest absolute Gasteiger partial charge is 0.507 e. The van der Waals surface area contributed by atoms with Crippen LogP contribution in [-0.2, 0) is 16.2 Å². The Kier molecular flexibility index (Phi) is 5.44. The van der Waals surface area contributed by atoms with Gasteiger partial charge in [0.1, 0.15) is 16.3 Å². The van der Waals surface area contributed by atoms with Crippen molar-refractivity contribution in [3.05, 3.63) is 60.4 Å². The number of alkyl halides is 3. The van der Waals surface area contributed by atoms with Gasteiger partial charge in [-0.3, -0.25) is 4.98 Å². The summed E-state index contributed by atoms with van der Waals surface area (Å²) >= 11 is 0. The van der Waals surface area contributed by atoms with E-state index in [1.165, 1.54) is 49.8 Å². The fourth-order valence-electron chi connectivity index (χ4n) is 2.51. The standard InChI is InChI=1S/C18H15F3N4O3S/c1-22-29(27,28)15-10-11(2-7-14(15)26)16-17(24-9-8-23-16)25-13-5-3-12(4-6-13)18(19,20)21/h2-10,22,26H,1H3,(H,24,25). The topological polar surface area (TPSA) is 104 Å². The van der Waals surface area contributed by atoms with Crippen LogP contribution in [-0.4, -0.2) is 30.5 Å². The van der Waals surface area contributed by atoms with Crippen molar-refractivity contribution in [3.63, 3.8) is 0 Å². The molecule has 0 aliphatic heterocycles. The van der Waals surface area contributed by atoms with E-state index in [4.69, 9.17) is 0 Å². The summed E-state index contributed by atoms with van der Waals surface area (Å²) in [5, 5.41) is 12.8. The average molecular weight is 424 g/mol. The highest BCUT2D eigenvalue weighted by Crippen LogP contribution is 2.33. The first-order valence-corrected chi connectivity index (χ1v) is 9.62. The van der Waals surface area contributed by atoms with E-state index in [0.717, 1.165) is 12.1 Å². The molecule has 7 nitrogen and oxygen atoms in total. The van der Waals surface area contributed by atoms with Gasteiger partial charge in [0.2, 0.25) is 10.0 Å². The molecule has 1 heterocycles. The highest BCUT2D eigenvalue weighted by Gasteiger charge is 2.30. The lowest BCUT2D eigenvalue weighted by molar-refractivity contribution is -0.137. The third-order valence-corrected chi connectivity index (χ3v) is 5.41. The Morgan fingerprint density at radius 3 is 2.28 bits per heavy atom. The quantitative estimate of drug-likeness (QED) is 0.579. The van der Waals surface area contributed by atoms with Crippen molar-refractivity contribution in [2.24, 2.45) is 0 Å². The zero-order valence-electron chi connectivity index (χ0n) is 14.9. The lowest BCUT2D eigenvalue weighted by Crippen LogP contribution is -2.18. The number of rotatable bonds is 5. The molecule has 11 heteroatoms. The second-order valence-electron chi connectivity index (χ2n) is 5.84. The van der Waals surface area contributed by atoms with Crippen LogP contribution in [0.15, 0.2) is 59.8 Å². The number of nitrogens with zero attached hydrogens (tertiary/aromatic N) is 2. The number of phenolic OH excluding ortho intramolecular Hbond substituents is 1. The average Bonchev–Trinajstić information content (AvgIpc) is 2.68. The van der Waals surface area contributed by atoms with E-state index in [-0.39, 0.29) is 16.4 Å². The monoisotopic (exact) mass is 424 g/mol. The molecule has 0 atom stereocenters. The van der Waals surface area contributed by atoms with Crippen molar-refractivity contribution in [3.8, 4) is 17.0 Å². The number of phenols is 1. The van der Waals surface area contributed by atoms with Crippen LogP contribution in [0.2, 0.25) is 0 Å². The molecular weight excluding hydrogens is 409 g/mol. The predicted octanol–water partition coefficient (Wildman–Crippen LogP) is 3.52. The molecule has 152 valence electrons. The fraction of sp³-hybridized carbons (Fsp3) is 0.111. The minimum absolute atomic E-state index is 0.200. The van der Waals surface area contributed by atoms with E-state index >= 15 is 0 Å². The van der Waals surface area contributed by atoms with Crippen LogP contribution in [0.25, 0.3) is 11.3 Å². The second-order valence-corrected chi connectivity index (χ2v) is 7.70. The van der Waals surface area contributed by atoms with Gasteiger partial charge in [-0.15, -0.1) is 0 Å². The number of nitrogens with one attached hydrogen (secondary N) is 2. The molecule has 0 spiro atoms. The van der Waals surface area contributed by atoms with E-state index in [0.29, 0.717) is 11.3 Å². The normalized spacial score (nSPS) is 12.0. The molecule has 0 amide bonds. The van der Waals surface area contributed by atoms with E-state index < -0.39 is 27.5 Å². The molecule has 0 aliphatic carbocycles. The zero-order chi connectivity index (χ0) is 21.2. The van der Waals surface area contributed by atoms with Crippen molar-refractivity contribution in [1.82, 2.24) is 14.7 Å². The fourth-order valence-corrected chi connectivity index (χ4v) is 3.35. The summed E-state index contributed by atoms with van der Waals surface area (Å²) in [6, 6.07) is 8.22. The smallest absolute Gasteiger partial charge is 0.416 e. The lowest BCUT2D eigenvalue weighted by Gasteiger charge is -2.13. The van der Waals surface area contributed by atoms with Gasteiger partial charge in [0.25, 0.3) is 0 Å². The molecule has 0 saturated carbocycles. The van der Waals surface area contributed by atoms with Gasteiger partial charge in [-0.2, -0.15) is 13.2 Å². The number of sulfonamides is 1. The molecule has 0 bridgehead atoms. The Morgan fingerprint density at radius 1 is 1.00 bits per heavy atom. The van der Waals surface area contributed by atoms with Crippen LogP contribution in [0.5, 0.6) is 5.75 Å². The second kappa shape index (κ2) is 7.68. The van der Waals surface area contributed by atoms with Gasteiger partial charge in [-0.25, -0.2) is 18.1 Å². The van der Waals surface area contributed by atoms with Crippen molar-refractivity contribution in [2.75, 3.05) is 12.4 Å². The van der Waals surface area contributed by atoms with E-state index in [2.05, 4.69) is 20.0 Å². The van der Waals surface area contributed by atoms with Crippen LogP contribution < -0.4 is 10.0 Å². The third-order valence-electron chi connectivity index (χ3n) is 3.96. The SMILES string of the molecule is CNS(=O)(=O)c1cc(-c2nccnc2Nc2ccc(C(F)(F)F)cc2)ccc1O. The Hall–Kier alpha value is -3.18. The zero-order valence-corrected chi connectivity index (χ0v) is 15.7. The first-order chi connectivity index (χ1) is 13.6. The van der Waals surface area contributed by atoms with Crippen LogP contribution in [0.1, 0.15) is 5.56 Å². The molecule has 3 aromatic rings. The summed E-state index contributed by atoms with van der Waals surface area (Å²) in [6.07, 6.45) is -1.69. The summed E-state index contributed by atoms with van der Waals surface area (Å²) in [6.45, 7) is 0. The highest BCUT2D eigenvalue weighted by molar-refractivity contribution is 7.89. The Morgan fingerprint density at radius 2 is 1.66 bits per heavy atom. The Bertz CT molecular complexity index is 1130. The van der Waals surface area contributed by atoms with Crippen LogP contribution in [0, 0.1) is 0 Å². The lowest BCUT2D eigenvalue weighted by atomic mass is 10.1. The van der Waals surface area contributed by atoms with Gasteiger partial charge in [-0.1, -0.05) is 0 Å². The van der Waals surface area contributed by atoms with Gasteiger partial charge in [0.05, 0.1) is 5.56 Å². The predicted molar refractivity (Wildman–Crippen MR) is 100 cm³/mol. The summed E-state index contributed by atoms with van der Waals surface area (Å²) < 4.78 is 64.4. The summed E-state index contributed by atoms with van der Waals surface area (Å²) in [5.74, 6) is -0.241. The number of hydrogen-bond acceptors (Lipinski definition) is 6. The molecule has 3 rings (SSSR count). The number of anilines is 2. The summed E-state index contributed by atoms with van der Waals surface area (Å²) in [4.78, 5) is 7.97. The maximum atomic E-state index is 12.7. The number of hydrogen-bond donors (Lipinski definition) is 3. The number of aromatic hydroxyl groups is 1. The van der Waals surface area contributed by atoms with Crippen molar-refractivity contribution >= 4 is 21.5 Å². The molecule has 0 saturated heterocycles. The van der Waals surface area contributed by atoms with Crippen molar-refractivity contribution in [2.45, 2.75) is 11.1 Å². The molecule has 2 aromatic carbocycles. The molecule has 0 radical (unpaired) electrons. The van der Waals surface area contributed by atoms with Gasteiger partial charge in [-0.05, 0) is 49.5 Å². The molecule has 1 aromatic heterocycles. The van der Waals surface area contributed by atoms with Crippen molar-refractivity contribution in [1.29, 1.82) is 0 Å². The minimum atomic E-state index is -4.45. The number of benzene rings is 2. The van der Waals surface area contributed by atoms with Crippen LogP contribution in [0.4, 0.5) is 24.7 Å². The van der Waals surface area contributed by atoms with E-state index in [1.807, 2.05) is 0 Å². The number of halogens is 3. The third kappa shape index (κ3) is 4.46. The Labute approximate surface area is 164 Å². The highest BCUT2D eigenvalue weighted by atomic mass is 32.2. The van der Waals surface area contributed by atoms with Gasteiger partial charge in [0.15, 0.2) is 5.82 Å². The van der Waals surface area contributed by atoms with Crippen LogP contribution >= 0.6 is 0 Å². The molecule has 0 aliphatic rings.